The van der Waals surface area contributed by atoms with Gasteiger partial charge in [-0.05, 0) is 12.1 Å². The molecule has 0 aliphatic rings. The summed E-state index contributed by atoms with van der Waals surface area (Å²) in [6.45, 7) is -0.0212. The topological polar surface area (TPSA) is 67.8 Å². The summed E-state index contributed by atoms with van der Waals surface area (Å²) >= 11 is 0. The van der Waals surface area contributed by atoms with Crippen LogP contribution in [0.5, 0.6) is 0 Å². The van der Waals surface area contributed by atoms with E-state index in [-0.39, 0.29) is 36.0 Å². The Morgan fingerprint density at radius 1 is 1.05 bits per heavy atom. The van der Waals surface area contributed by atoms with Gasteiger partial charge in [0.05, 0.1) is 18.8 Å². The maximum Gasteiger partial charge on any atom is 0.173 e. The van der Waals surface area contributed by atoms with E-state index in [0.717, 1.165) is 0 Å². The largest absolute Gasteiger partial charge is 0.409 e. The standard InChI is InChI=1S/C15H14F2N2O2/c16-13-7-2-1-4-10(13)8-21-9-11-5-3-6-12(14(11)17)15(18)19-20/h1-7,20H,8-9H2,(H2,18,19). The summed E-state index contributed by atoms with van der Waals surface area (Å²) in [7, 11) is 0. The molecule has 0 aliphatic heterocycles. The molecule has 0 aromatic heterocycles. The van der Waals surface area contributed by atoms with Crippen LogP contribution in [0.1, 0.15) is 16.7 Å². The van der Waals surface area contributed by atoms with Crippen LogP contribution in [-0.2, 0) is 18.0 Å². The van der Waals surface area contributed by atoms with E-state index in [9.17, 15) is 8.78 Å². The van der Waals surface area contributed by atoms with E-state index in [1.54, 1.807) is 24.3 Å². The van der Waals surface area contributed by atoms with Crippen molar-refractivity contribution in [2.75, 3.05) is 0 Å². The van der Waals surface area contributed by atoms with Gasteiger partial charge in [-0.1, -0.05) is 35.5 Å². The number of nitrogens with zero attached hydrogens (tertiary/aromatic N) is 1. The summed E-state index contributed by atoms with van der Waals surface area (Å²) in [5.41, 5.74) is 6.00. The Morgan fingerprint density at radius 3 is 2.43 bits per heavy atom. The molecule has 4 nitrogen and oxygen atoms in total. The molecule has 0 unspecified atom stereocenters. The van der Waals surface area contributed by atoms with Crippen molar-refractivity contribution in [2.45, 2.75) is 13.2 Å². The van der Waals surface area contributed by atoms with Gasteiger partial charge in [0.2, 0.25) is 0 Å². The van der Waals surface area contributed by atoms with Gasteiger partial charge in [0.25, 0.3) is 0 Å². The Kier molecular flexibility index (Phi) is 4.84. The van der Waals surface area contributed by atoms with Gasteiger partial charge in [-0.3, -0.25) is 0 Å². The summed E-state index contributed by atoms with van der Waals surface area (Å²) in [6.07, 6.45) is 0. The smallest absolute Gasteiger partial charge is 0.173 e. The molecule has 0 fully saturated rings. The quantitative estimate of drug-likeness (QED) is 0.385. The molecule has 0 atom stereocenters. The van der Waals surface area contributed by atoms with Crippen molar-refractivity contribution in [1.82, 2.24) is 0 Å². The molecule has 0 bridgehead atoms. The molecule has 0 aliphatic carbocycles. The number of hydrogen-bond acceptors (Lipinski definition) is 3. The molecule has 0 saturated heterocycles. The monoisotopic (exact) mass is 292 g/mol. The number of amidine groups is 1. The van der Waals surface area contributed by atoms with Gasteiger partial charge in [0.1, 0.15) is 11.6 Å². The van der Waals surface area contributed by atoms with E-state index in [1.807, 2.05) is 0 Å². The Labute approximate surface area is 120 Å². The van der Waals surface area contributed by atoms with Gasteiger partial charge in [-0.15, -0.1) is 0 Å². The minimum Gasteiger partial charge on any atom is -0.409 e. The van der Waals surface area contributed by atoms with Crippen molar-refractivity contribution in [1.29, 1.82) is 0 Å². The van der Waals surface area contributed by atoms with Gasteiger partial charge >= 0.3 is 0 Å². The molecule has 0 radical (unpaired) electrons. The average molecular weight is 292 g/mol. The van der Waals surface area contributed by atoms with Crippen LogP contribution >= 0.6 is 0 Å². The van der Waals surface area contributed by atoms with Crippen molar-refractivity contribution in [3.8, 4) is 0 Å². The van der Waals surface area contributed by atoms with E-state index in [2.05, 4.69) is 5.16 Å². The second kappa shape index (κ2) is 6.81. The van der Waals surface area contributed by atoms with Gasteiger partial charge in [-0.2, -0.15) is 0 Å². The van der Waals surface area contributed by atoms with Crippen LogP contribution in [-0.4, -0.2) is 11.0 Å². The first kappa shape index (κ1) is 14.9. The summed E-state index contributed by atoms with van der Waals surface area (Å²) in [5.74, 6) is -1.31. The normalized spacial score (nSPS) is 11.6. The number of hydrogen-bond donors (Lipinski definition) is 2. The number of rotatable bonds is 5. The maximum absolute atomic E-state index is 14.1. The molecule has 110 valence electrons. The van der Waals surface area contributed by atoms with Crippen molar-refractivity contribution in [3.63, 3.8) is 0 Å². The lowest BCUT2D eigenvalue weighted by Crippen LogP contribution is -2.16. The lowest BCUT2D eigenvalue weighted by Gasteiger charge is -2.09. The molecule has 0 spiro atoms. The lowest BCUT2D eigenvalue weighted by molar-refractivity contribution is 0.102. The lowest BCUT2D eigenvalue weighted by atomic mass is 10.1. The van der Waals surface area contributed by atoms with E-state index in [1.165, 1.54) is 18.2 Å². The molecule has 6 heteroatoms. The number of halogens is 2. The molecule has 21 heavy (non-hydrogen) atoms. The van der Waals surface area contributed by atoms with Crippen LogP contribution in [0, 0.1) is 11.6 Å². The maximum atomic E-state index is 14.1. The third kappa shape index (κ3) is 3.55. The van der Waals surface area contributed by atoms with Crippen LogP contribution in [0.2, 0.25) is 0 Å². The summed E-state index contributed by atoms with van der Waals surface area (Å²) in [6, 6.07) is 10.7. The van der Waals surface area contributed by atoms with Crippen LogP contribution < -0.4 is 5.73 Å². The third-order valence-corrected chi connectivity index (χ3v) is 2.94. The number of oxime groups is 1. The van der Waals surface area contributed by atoms with Gasteiger partial charge in [0, 0.05) is 11.1 Å². The molecular weight excluding hydrogens is 278 g/mol. The van der Waals surface area contributed by atoms with Crippen LogP contribution in [0.25, 0.3) is 0 Å². The minimum absolute atomic E-state index is 0.00973. The molecular formula is C15H14F2N2O2. The Bertz CT molecular complexity index is 660. The first-order chi connectivity index (χ1) is 10.1. The highest BCUT2D eigenvalue weighted by molar-refractivity contribution is 5.97. The highest BCUT2D eigenvalue weighted by Gasteiger charge is 2.11. The molecule has 2 aromatic carbocycles. The fraction of sp³-hybridized carbons (Fsp3) is 0.133. The minimum atomic E-state index is -0.624. The van der Waals surface area contributed by atoms with Crippen LogP contribution in [0.3, 0.4) is 0 Å². The molecule has 3 N–H and O–H groups in total. The van der Waals surface area contributed by atoms with E-state index in [4.69, 9.17) is 15.7 Å². The van der Waals surface area contributed by atoms with Crippen molar-refractivity contribution in [2.24, 2.45) is 10.9 Å². The number of nitrogens with two attached hydrogens (primary N) is 1. The molecule has 0 saturated carbocycles. The Balaban J connectivity index is 2.06. The first-order valence-electron chi connectivity index (χ1n) is 6.20. The number of benzene rings is 2. The third-order valence-electron chi connectivity index (χ3n) is 2.94. The van der Waals surface area contributed by atoms with Crippen molar-refractivity contribution >= 4 is 5.84 Å². The first-order valence-corrected chi connectivity index (χ1v) is 6.20. The molecule has 2 rings (SSSR count). The van der Waals surface area contributed by atoms with Crippen LogP contribution in [0.15, 0.2) is 47.6 Å². The SMILES string of the molecule is N/C(=N/O)c1cccc(COCc2ccccc2F)c1F. The zero-order chi connectivity index (χ0) is 15.2. The Morgan fingerprint density at radius 2 is 1.71 bits per heavy atom. The van der Waals surface area contributed by atoms with E-state index in [0.29, 0.717) is 5.56 Å². The van der Waals surface area contributed by atoms with Gasteiger partial charge in [-0.25, -0.2) is 8.78 Å². The summed E-state index contributed by atoms with van der Waals surface area (Å²) in [5, 5.41) is 11.3. The second-order valence-electron chi connectivity index (χ2n) is 4.35. The highest BCUT2D eigenvalue weighted by Crippen LogP contribution is 2.15. The number of ether oxygens (including phenoxy) is 1. The van der Waals surface area contributed by atoms with E-state index >= 15 is 0 Å². The zero-order valence-corrected chi connectivity index (χ0v) is 11.1. The van der Waals surface area contributed by atoms with Gasteiger partial charge < -0.3 is 15.7 Å². The fourth-order valence-corrected chi connectivity index (χ4v) is 1.83. The average Bonchev–Trinajstić information content (AvgIpc) is 2.50. The van der Waals surface area contributed by atoms with E-state index < -0.39 is 5.82 Å². The molecule has 2 aromatic rings. The van der Waals surface area contributed by atoms with Crippen molar-refractivity contribution in [3.05, 3.63) is 70.8 Å². The second-order valence-corrected chi connectivity index (χ2v) is 4.35. The van der Waals surface area contributed by atoms with Gasteiger partial charge in [0.15, 0.2) is 5.84 Å². The molecule has 0 amide bonds. The zero-order valence-electron chi connectivity index (χ0n) is 11.1. The molecule has 0 heterocycles. The summed E-state index contributed by atoms with van der Waals surface area (Å²) in [4.78, 5) is 0. The fourth-order valence-electron chi connectivity index (χ4n) is 1.83. The predicted molar refractivity (Wildman–Crippen MR) is 73.8 cm³/mol. The Hall–Kier alpha value is -2.47. The summed E-state index contributed by atoms with van der Waals surface area (Å²) < 4.78 is 32.8. The predicted octanol–water partition coefficient (Wildman–Crippen LogP) is 2.78. The van der Waals surface area contributed by atoms with Crippen molar-refractivity contribution < 1.29 is 18.7 Å². The van der Waals surface area contributed by atoms with Crippen LogP contribution in [0.4, 0.5) is 8.78 Å². The highest BCUT2D eigenvalue weighted by atomic mass is 19.1.